The second-order valence-corrected chi connectivity index (χ2v) is 4.48. The molecule has 0 aliphatic carbocycles. The highest BCUT2D eigenvalue weighted by Gasteiger charge is 2.05. The van der Waals surface area contributed by atoms with Gasteiger partial charge in [-0.3, -0.25) is 9.78 Å². The number of rotatable bonds is 4. The molecular formula is C14H17N3O2. The van der Waals surface area contributed by atoms with Gasteiger partial charge >= 0.3 is 0 Å². The number of nitrogens with one attached hydrogen (secondary N) is 2. The molecule has 2 rings (SSSR count). The first-order valence-corrected chi connectivity index (χ1v) is 6.25. The van der Waals surface area contributed by atoms with E-state index in [1.165, 1.54) is 6.07 Å². The molecule has 0 aliphatic rings. The van der Waals surface area contributed by atoms with Gasteiger partial charge in [0.2, 0.25) is 5.95 Å². The van der Waals surface area contributed by atoms with Gasteiger partial charge < -0.3 is 10.4 Å². The Kier molecular flexibility index (Phi) is 3.85. The first kappa shape index (κ1) is 13.1. The SMILES string of the molecule is CCCc1cc(=O)[nH]c(Nc2cc(C)ccc2O)n1. The highest BCUT2D eigenvalue weighted by Crippen LogP contribution is 2.25. The molecule has 0 radical (unpaired) electrons. The Morgan fingerprint density at radius 1 is 1.37 bits per heavy atom. The standard InChI is InChI=1S/C14H17N3O2/c1-3-4-10-8-13(19)17-14(15-10)16-11-7-9(2)5-6-12(11)18/h5-8,18H,3-4H2,1-2H3,(H2,15,16,17,19). The lowest BCUT2D eigenvalue weighted by Crippen LogP contribution is -2.12. The summed E-state index contributed by atoms with van der Waals surface area (Å²) in [5, 5.41) is 12.7. The van der Waals surface area contributed by atoms with Crippen molar-refractivity contribution < 1.29 is 5.11 Å². The lowest BCUT2D eigenvalue weighted by molar-refractivity contribution is 0.477. The zero-order valence-corrected chi connectivity index (χ0v) is 11.0. The Morgan fingerprint density at radius 2 is 2.16 bits per heavy atom. The van der Waals surface area contributed by atoms with Gasteiger partial charge in [0.1, 0.15) is 5.75 Å². The van der Waals surface area contributed by atoms with Crippen LogP contribution in [0.2, 0.25) is 0 Å². The van der Waals surface area contributed by atoms with Gasteiger partial charge in [0.05, 0.1) is 5.69 Å². The molecule has 0 spiro atoms. The molecule has 1 aromatic heterocycles. The number of aromatic hydroxyl groups is 1. The summed E-state index contributed by atoms with van der Waals surface area (Å²) in [6.45, 7) is 3.96. The predicted molar refractivity (Wildman–Crippen MR) is 75.0 cm³/mol. The van der Waals surface area contributed by atoms with E-state index < -0.39 is 0 Å². The number of hydrogen-bond acceptors (Lipinski definition) is 4. The van der Waals surface area contributed by atoms with E-state index in [2.05, 4.69) is 15.3 Å². The van der Waals surface area contributed by atoms with Crippen molar-refractivity contribution in [3.05, 3.63) is 45.9 Å². The highest BCUT2D eigenvalue weighted by molar-refractivity contribution is 5.62. The fourth-order valence-electron chi connectivity index (χ4n) is 1.83. The summed E-state index contributed by atoms with van der Waals surface area (Å²) < 4.78 is 0. The number of phenols is 1. The van der Waals surface area contributed by atoms with Gasteiger partial charge in [0.25, 0.3) is 5.56 Å². The lowest BCUT2D eigenvalue weighted by atomic mass is 10.2. The van der Waals surface area contributed by atoms with Crippen molar-refractivity contribution >= 4 is 11.6 Å². The summed E-state index contributed by atoms with van der Waals surface area (Å²) in [5.74, 6) is 0.464. The maximum absolute atomic E-state index is 11.5. The molecule has 0 saturated carbocycles. The van der Waals surface area contributed by atoms with E-state index in [-0.39, 0.29) is 11.3 Å². The van der Waals surface area contributed by atoms with E-state index in [0.717, 1.165) is 24.1 Å². The second kappa shape index (κ2) is 5.56. The van der Waals surface area contributed by atoms with Crippen molar-refractivity contribution in [2.75, 3.05) is 5.32 Å². The third-order valence-corrected chi connectivity index (χ3v) is 2.71. The molecule has 1 aromatic carbocycles. The van der Waals surface area contributed by atoms with Crippen LogP contribution in [0.4, 0.5) is 11.6 Å². The largest absolute Gasteiger partial charge is 0.506 e. The van der Waals surface area contributed by atoms with E-state index in [0.29, 0.717) is 11.6 Å². The van der Waals surface area contributed by atoms with Crippen molar-refractivity contribution in [3.63, 3.8) is 0 Å². The van der Waals surface area contributed by atoms with Crippen LogP contribution in [0.1, 0.15) is 24.6 Å². The van der Waals surface area contributed by atoms with Crippen LogP contribution in [0.25, 0.3) is 0 Å². The normalized spacial score (nSPS) is 10.4. The average molecular weight is 259 g/mol. The highest BCUT2D eigenvalue weighted by atomic mass is 16.3. The summed E-state index contributed by atoms with van der Waals surface area (Å²) in [5.41, 5.74) is 2.07. The molecule has 2 aromatic rings. The van der Waals surface area contributed by atoms with Crippen molar-refractivity contribution in [3.8, 4) is 5.75 Å². The van der Waals surface area contributed by atoms with Crippen molar-refractivity contribution in [1.29, 1.82) is 0 Å². The fourth-order valence-corrected chi connectivity index (χ4v) is 1.83. The molecule has 19 heavy (non-hydrogen) atoms. The molecule has 1 heterocycles. The van der Waals surface area contributed by atoms with Crippen LogP contribution in [-0.4, -0.2) is 15.1 Å². The number of hydrogen-bond donors (Lipinski definition) is 3. The Hall–Kier alpha value is -2.30. The van der Waals surface area contributed by atoms with Crippen LogP contribution in [0.15, 0.2) is 29.1 Å². The third kappa shape index (κ3) is 3.34. The molecule has 0 fully saturated rings. The van der Waals surface area contributed by atoms with Gasteiger partial charge in [0.15, 0.2) is 0 Å². The van der Waals surface area contributed by atoms with Crippen LogP contribution in [-0.2, 0) is 6.42 Å². The maximum atomic E-state index is 11.5. The molecular weight excluding hydrogens is 242 g/mol. The van der Waals surface area contributed by atoms with Crippen LogP contribution >= 0.6 is 0 Å². The topological polar surface area (TPSA) is 78.0 Å². The number of aryl methyl sites for hydroxylation is 2. The first-order valence-electron chi connectivity index (χ1n) is 6.25. The van der Waals surface area contributed by atoms with Crippen molar-refractivity contribution in [2.45, 2.75) is 26.7 Å². The predicted octanol–water partition coefficient (Wildman–Crippen LogP) is 2.48. The number of nitrogens with zero attached hydrogens (tertiary/aromatic N) is 1. The number of phenolic OH excluding ortho intramolecular Hbond substituents is 1. The first-order chi connectivity index (χ1) is 9.08. The van der Waals surface area contributed by atoms with Crippen LogP contribution in [0.3, 0.4) is 0 Å². The fraction of sp³-hybridized carbons (Fsp3) is 0.286. The minimum Gasteiger partial charge on any atom is -0.506 e. The molecule has 5 heteroatoms. The van der Waals surface area contributed by atoms with E-state index in [9.17, 15) is 9.90 Å². The molecule has 3 N–H and O–H groups in total. The number of aromatic amines is 1. The van der Waals surface area contributed by atoms with E-state index in [1.54, 1.807) is 12.1 Å². The van der Waals surface area contributed by atoms with Gasteiger partial charge in [-0.1, -0.05) is 19.4 Å². The Labute approximate surface area is 111 Å². The van der Waals surface area contributed by atoms with Gasteiger partial charge in [0, 0.05) is 11.8 Å². The molecule has 0 amide bonds. The van der Waals surface area contributed by atoms with Crippen LogP contribution < -0.4 is 10.9 Å². The lowest BCUT2D eigenvalue weighted by Gasteiger charge is -2.09. The molecule has 0 bridgehead atoms. The number of benzene rings is 1. The number of aromatic nitrogens is 2. The van der Waals surface area contributed by atoms with Crippen molar-refractivity contribution in [2.24, 2.45) is 0 Å². The summed E-state index contributed by atoms with van der Waals surface area (Å²) in [7, 11) is 0. The minimum absolute atomic E-state index is 0.120. The zero-order valence-electron chi connectivity index (χ0n) is 11.0. The number of H-pyrrole nitrogens is 1. The zero-order chi connectivity index (χ0) is 13.8. The van der Waals surface area contributed by atoms with Gasteiger partial charge in [-0.2, -0.15) is 0 Å². The molecule has 0 saturated heterocycles. The Bertz CT molecular complexity index is 635. The van der Waals surface area contributed by atoms with E-state index in [1.807, 2.05) is 19.9 Å². The summed E-state index contributed by atoms with van der Waals surface area (Å²) in [6.07, 6.45) is 1.67. The van der Waals surface area contributed by atoms with E-state index >= 15 is 0 Å². The van der Waals surface area contributed by atoms with E-state index in [4.69, 9.17) is 0 Å². The van der Waals surface area contributed by atoms with Gasteiger partial charge in [-0.15, -0.1) is 0 Å². The second-order valence-electron chi connectivity index (χ2n) is 4.48. The monoisotopic (exact) mass is 259 g/mol. The maximum Gasteiger partial charge on any atom is 0.252 e. The van der Waals surface area contributed by atoms with Gasteiger partial charge in [-0.05, 0) is 31.0 Å². The summed E-state index contributed by atoms with van der Waals surface area (Å²) in [4.78, 5) is 18.5. The number of anilines is 2. The molecule has 5 nitrogen and oxygen atoms in total. The van der Waals surface area contributed by atoms with Gasteiger partial charge in [-0.25, -0.2) is 4.98 Å². The summed E-state index contributed by atoms with van der Waals surface area (Å²) >= 11 is 0. The summed E-state index contributed by atoms with van der Waals surface area (Å²) in [6, 6.07) is 6.70. The Morgan fingerprint density at radius 3 is 2.89 bits per heavy atom. The molecule has 0 unspecified atom stereocenters. The molecule has 0 aliphatic heterocycles. The van der Waals surface area contributed by atoms with Crippen molar-refractivity contribution in [1.82, 2.24) is 9.97 Å². The van der Waals surface area contributed by atoms with Crippen LogP contribution in [0.5, 0.6) is 5.75 Å². The third-order valence-electron chi connectivity index (χ3n) is 2.71. The smallest absolute Gasteiger partial charge is 0.252 e. The molecule has 100 valence electrons. The van der Waals surface area contributed by atoms with Crippen LogP contribution in [0, 0.1) is 6.92 Å². The Balaban J connectivity index is 2.32. The minimum atomic E-state index is -0.201. The average Bonchev–Trinajstić information content (AvgIpc) is 2.33. The molecule has 0 atom stereocenters. The quantitative estimate of drug-likeness (QED) is 0.737.